The summed E-state index contributed by atoms with van der Waals surface area (Å²) in [6.45, 7) is 0.412. The van der Waals surface area contributed by atoms with Crippen molar-refractivity contribution in [2.24, 2.45) is 0 Å². The summed E-state index contributed by atoms with van der Waals surface area (Å²) in [5.74, 6) is 0.554. The van der Waals surface area contributed by atoms with E-state index in [1.54, 1.807) is 42.5 Å². The normalized spacial score (nSPS) is 10.6. The summed E-state index contributed by atoms with van der Waals surface area (Å²) in [6, 6.07) is 21.1. The van der Waals surface area contributed by atoms with Crippen LogP contribution in [-0.4, -0.2) is 14.3 Å². The fourth-order valence-corrected chi connectivity index (χ4v) is 2.74. The van der Waals surface area contributed by atoms with E-state index in [2.05, 4.69) is 4.98 Å². The Bertz CT molecular complexity index is 1220. The summed E-state index contributed by atoms with van der Waals surface area (Å²) < 4.78 is 12.4. The molecule has 0 radical (unpaired) electrons. The van der Waals surface area contributed by atoms with Crippen LogP contribution in [-0.2, 0) is 6.61 Å². The van der Waals surface area contributed by atoms with Crippen molar-refractivity contribution in [2.75, 3.05) is 0 Å². The number of ether oxygens (including phenoxy) is 2. The van der Waals surface area contributed by atoms with E-state index < -0.39 is 16.2 Å². The maximum Gasteiger partial charge on any atom is 0.396 e. The minimum atomic E-state index is -0.807. The Kier molecular flexibility index (Phi) is 4.90. The average molecular weight is 389 g/mol. The number of nitrogens with zero attached hydrogens (tertiary/aromatic N) is 3. The molecule has 8 heteroatoms. The summed E-state index contributed by atoms with van der Waals surface area (Å²) in [7, 11) is 0. The molecule has 144 valence electrons. The predicted octanol–water partition coefficient (Wildman–Crippen LogP) is 3.97. The van der Waals surface area contributed by atoms with Crippen LogP contribution in [0.25, 0.3) is 5.65 Å². The molecule has 0 saturated heterocycles. The summed E-state index contributed by atoms with van der Waals surface area (Å²) in [5.41, 5.74) is -0.248. The number of nitro groups is 1. The Morgan fingerprint density at radius 1 is 0.931 bits per heavy atom. The molecule has 0 atom stereocenters. The van der Waals surface area contributed by atoms with E-state index >= 15 is 0 Å². The standard InChI is InChI=1S/C21H15N3O5/c25-21-19(24(26)27)20(22-18-8-4-5-13-23(18)21)29-17-11-9-16(10-12-17)28-14-15-6-2-1-3-7-15/h1-13H,14H2. The minimum Gasteiger partial charge on any atom is -0.489 e. The maximum absolute atomic E-state index is 12.4. The van der Waals surface area contributed by atoms with Gasteiger partial charge in [-0.25, -0.2) is 0 Å². The predicted molar refractivity (Wildman–Crippen MR) is 105 cm³/mol. The second kappa shape index (κ2) is 7.81. The van der Waals surface area contributed by atoms with Crippen molar-refractivity contribution < 1.29 is 14.4 Å². The summed E-state index contributed by atoms with van der Waals surface area (Å²) in [6.07, 6.45) is 1.42. The largest absolute Gasteiger partial charge is 0.489 e. The second-order valence-electron chi connectivity index (χ2n) is 6.10. The lowest BCUT2D eigenvalue weighted by Crippen LogP contribution is -2.19. The van der Waals surface area contributed by atoms with Crippen molar-refractivity contribution in [1.29, 1.82) is 0 Å². The molecule has 2 heterocycles. The van der Waals surface area contributed by atoms with Gasteiger partial charge >= 0.3 is 17.1 Å². The second-order valence-corrected chi connectivity index (χ2v) is 6.10. The third kappa shape index (κ3) is 3.91. The van der Waals surface area contributed by atoms with Gasteiger partial charge in [-0.1, -0.05) is 36.4 Å². The van der Waals surface area contributed by atoms with E-state index in [-0.39, 0.29) is 11.5 Å². The van der Waals surface area contributed by atoms with Gasteiger partial charge in [-0.3, -0.25) is 19.3 Å². The molecule has 0 saturated carbocycles. The van der Waals surface area contributed by atoms with Crippen molar-refractivity contribution in [3.05, 3.63) is 105 Å². The summed E-state index contributed by atoms with van der Waals surface area (Å²) >= 11 is 0. The Hall–Kier alpha value is -4.20. The van der Waals surface area contributed by atoms with Crippen LogP contribution in [0.5, 0.6) is 17.4 Å². The molecule has 2 aromatic heterocycles. The number of pyridine rings is 1. The summed E-state index contributed by atoms with van der Waals surface area (Å²) in [5, 5.41) is 11.4. The first kappa shape index (κ1) is 18.2. The van der Waals surface area contributed by atoms with Crippen molar-refractivity contribution in [1.82, 2.24) is 9.38 Å². The van der Waals surface area contributed by atoms with Crippen LogP contribution >= 0.6 is 0 Å². The van der Waals surface area contributed by atoms with E-state index in [1.807, 2.05) is 30.3 Å². The van der Waals surface area contributed by atoms with Crippen molar-refractivity contribution >= 4 is 11.3 Å². The Labute approximate surface area is 164 Å². The Morgan fingerprint density at radius 2 is 1.62 bits per heavy atom. The SMILES string of the molecule is O=c1c([N+](=O)[O-])c(Oc2ccc(OCc3ccccc3)cc2)nc2ccccn12. The van der Waals surface area contributed by atoms with E-state index in [4.69, 9.17) is 9.47 Å². The highest BCUT2D eigenvalue weighted by molar-refractivity contribution is 5.50. The fourth-order valence-electron chi connectivity index (χ4n) is 2.74. The molecule has 29 heavy (non-hydrogen) atoms. The molecule has 0 aliphatic rings. The zero-order valence-electron chi connectivity index (χ0n) is 15.1. The molecular weight excluding hydrogens is 374 g/mol. The van der Waals surface area contributed by atoms with Crippen molar-refractivity contribution in [3.8, 4) is 17.4 Å². The van der Waals surface area contributed by atoms with Crippen LogP contribution in [0.2, 0.25) is 0 Å². The molecule has 0 N–H and O–H groups in total. The monoisotopic (exact) mass is 389 g/mol. The fraction of sp³-hybridized carbons (Fsp3) is 0.0476. The molecule has 0 aliphatic heterocycles. The molecule has 2 aromatic carbocycles. The number of rotatable bonds is 6. The lowest BCUT2D eigenvalue weighted by molar-refractivity contribution is -0.387. The van der Waals surface area contributed by atoms with Gasteiger partial charge in [-0.15, -0.1) is 0 Å². The van der Waals surface area contributed by atoms with E-state index in [1.165, 1.54) is 6.20 Å². The van der Waals surface area contributed by atoms with Crippen LogP contribution in [0.1, 0.15) is 5.56 Å². The van der Waals surface area contributed by atoms with E-state index in [0.717, 1.165) is 9.96 Å². The molecule has 4 aromatic rings. The van der Waals surface area contributed by atoms with Crippen LogP contribution in [0.3, 0.4) is 0 Å². The van der Waals surface area contributed by atoms with Crippen molar-refractivity contribution in [3.63, 3.8) is 0 Å². The van der Waals surface area contributed by atoms with Crippen LogP contribution in [0.15, 0.2) is 83.8 Å². The van der Waals surface area contributed by atoms with Crippen molar-refractivity contribution in [2.45, 2.75) is 6.61 Å². The molecule has 0 bridgehead atoms. The highest BCUT2D eigenvalue weighted by Gasteiger charge is 2.25. The van der Waals surface area contributed by atoms with E-state index in [9.17, 15) is 14.9 Å². The average Bonchev–Trinajstić information content (AvgIpc) is 2.74. The zero-order valence-corrected chi connectivity index (χ0v) is 15.1. The van der Waals surface area contributed by atoms with Gasteiger partial charge in [0.25, 0.3) is 0 Å². The first-order valence-electron chi connectivity index (χ1n) is 8.72. The van der Waals surface area contributed by atoms with Gasteiger partial charge in [0.05, 0.1) is 4.92 Å². The number of hydrogen-bond acceptors (Lipinski definition) is 6. The highest BCUT2D eigenvalue weighted by atomic mass is 16.6. The zero-order chi connectivity index (χ0) is 20.2. The third-order valence-electron chi connectivity index (χ3n) is 4.15. The number of benzene rings is 2. The maximum atomic E-state index is 12.4. The van der Waals surface area contributed by atoms with Gasteiger partial charge < -0.3 is 9.47 Å². The van der Waals surface area contributed by atoms with E-state index in [0.29, 0.717) is 18.1 Å². The molecule has 0 aliphatic carbocycles. The number of hydrogen-bond donors (Lipinski definition) is 0. The lowest BCUT2D eigenvalue weighted by atomic mass is 10.2. The molecule has 4 rings (SSSR count). The molecule has 0 unspecified atom stereocenters. The van der Waals surface area contributed by atoms with Gasteiger partial charge in [-0.05, 0) is 42.0 Å². The highest BCUT2D eigenvalue weighted by Crippen LogP contribution is 2.28. The topological polar surface area (TPSA) is 96.0 Å². The Balaban J connectivity index is 1.57. The smallest absolute Gasteiger partial charge is 0.396 e. The molecule has 0 spiro atoms. The van der Waals surface area contributed by atoms with Crippen LogP contribution < -0.4 is 15.0 Å². The van der Waals surface area contributed by atoms with Crippen LogP contribution in [0.4, 0.5) is 5.69 Å². The first-order chi connectivity index (χ1) is 14.1. The first-order valence-corrected chi connectivity index (χ1v) is 8.72. The molecule has 0 fully saturated rings. The van der Waals surface area contributed by atoms with Gasteiger partial charge in [0, 0.05) is 6.20 Å². The van der Waals surface area contributed by atoms with Gasteiger partial charge in [0.1, 0.15) is 23.8 Å². The van der Waals surface area contributed by atoms with Gasteiger partial charge in [0.2, 0.25) is 0 Å². The molecular formula is C21H15N3O5. The quantitative estimate of drug-likeness (QED) is 0.366. The Morgan fingerprint density at radius 3 is 2.34 bits per heavy atom. The minimum absolute atomic E-state index is 0.251. The third-order valence-corrected chi connectivity index (χ3v) is 4.15. The lowest BCUT2D eigenvalue weighted by Gasteiger charge is -2.09. The molecule has 0 amide bonds. The summed E-state index contributed by atoms with van der Waals surface area (Å²) in [4.78, 5) is 27.2. The number of fused-ring (bicyclic) bond motifs is 1. The molecule has 8 nitrogen and oxygen atoms in total. The van der Waals surface area contributed by atoms with Gasteiger partial charge in [0.15, 0.2) is 0 Å². The van der Waals surface area contributed by atoms with Crippen LogP contribution in [0, 0.1) is 10.1 Å². The number of aromatic nitrogens is 2. The van der Waals surface area contributed by atoms with Gasteiger partial charge in [-0.2, -0.15) is 4.98 Å².